The third-order valence-electron chi connectivity index (χ3n) is 5.97. The average molecular weight is 381 g/mol. The summed E-state index contributed by atoms with van der Waals surface area (Å²) in [7, 11) is 0. The summed E-state index contributed by atoms with van der Waals surface area (Å²) in [4.78, 5) is 2.58. The van der Waals surface area contributed by atoms with Crippen LogP contribution in [0.4, 0.5) is 0 Å². The third kappa shape index (κ3) is 22.1. The highest BCUT2D eigenvalue weighted by Crippen LogP contribution is 2.12. The van der Waals surface area contributed by atoms with E-state index in [1.807, 2.05) is 0 Å². The van der Waals surface area contributed by atoms with Crippen LogP contribution in [0.3, 0.4) is 0 Å². The molecule has 1 radical (unpaired) electrons. The summed E-state index contributed by atoms with van der Waals surface area (Å²) < 4.78 is 0. The van der Waals surface area contributed by atoms with Gasteiger partial charge in [-0.05, 0) is 39.4 Å². The molecule has 0 saturated carbocycles. The smallest absolute Gasteiger partial charge is 0.00183 e. The van der Waals surface area contributed by atoms with Gasteiger partial charge in [-0.15, -0.1) is 0 Å². The minimum absolute atomic E-state index is 0.995. The summed E-state index contributed by atoms with van der Waals surface area (Å²) >= 11 is 0. The number of unbranched alkanes of at least 4 members (excludes halogenated alkanes) is 18. The van der Waals surface area contributed by atoms with Gasteiger partial charge in [0.25, 0.3) is 0 Å². The molecule has 0 spiro atoms. The van der Waals surface area contributed by atoms with E-state index in [1.54, 1.807) is 0 Å². The van der Waals surface area contributed by atoms with Crippen molar-refractivity contribution in [1.82, 2.24) is 4.90 Å². The molecule has 163 valence electrons. The van der Waals surface area contributed by atoms with Crippen molar-refractivity contribution in [2.45, 2.75) is 142 Å². The first kappa shape index (κ1) is 27.0. The van der Waals surface area contributed by atoms with Crippen LogP contribution < -0.4 is 0 Å². The Balaban J connectivity index is 3.28. The maximum Gasteiger partial charge on any atom is -0.00183 e. The van der Waals surface area contributed by atoms with Gasteiger partial charge in [0.05, 0.1) is 0 Å². The summed E-state index contributed by atoms with van der Waals surface area (Å²) in [5.74, 6) is 0. The van der Waals surface area contributed by atoms with Gasteiger partial charge in [-0.1, -0.05) is 129 Å². The van der Waals surface area contributed by atoms with Crippen molar-refractivity contribution in [2.75, 3.05) is 19.6 Å². The van der Waals surface area contributed by atoms with Gasteiger partial charge >= 0.3 is 0 Å². The van der Waals surface area contributed by atoms with Crippen LogP contribution in [0.2, 0.25) is 0 Å². The van der Waals surface area contributed by atoms with Crippen LogP contribution in [-0.2, 0) is 0 Å². The van der Waals surface area contributed by atoms with Crippen LogP contribution in [0.25, 0.3) is 0 Å². The second-order valence-electron chi connectivity index (χ2n) is 8.71. The van der Waals surface area contributed by atoms with E-state index in [-0.39, 0.29) is 0 Å². The summed E-state index contributed by atoms with van der Waals surface area (Å²) in [5.41, 5.74) is 0. The second kappa shape index (κ2) is 24.0. The monoisotopic (exact) mass is 380 g/mol. The predicted octanol–water partition coefficient (Wildman–Crippen LogP) is 8.96. The first-order valence-electron chi connectivity index (χ1n) is 12.9. The number of hydrogen-bond donors (Lipinski definition) is 0. The molecular weight excluding hydrogens is 326 g/mol. The molecule has 0 aromatic carbocycles. The first-order chi connectivity index (χ1) is 13.3. The molecule has 0 fully saturated rings. The molecular formula is C26H54N. The summed E-state index contributed by atoms with van der Waals surface area (Å²) in [6, 6.07) is 0. The first-order valence-corrected chi connectivity index (χ1v) is 12.9. The van der Waals surface area contributed by atoms with Crippen molar-refractivity contribution >= 4 is 0 Å². The van der Waals surface area contributed by atoms with E-state index in [4.69, 9.17) is 0 Å². The minimum atomic E-state index is 0.995. The Kier molecular flexibility index (Phi) is 24.0. The lowest BCUT2D eigenvalue weighted by molar-refractivity contribution is 0.285. The highest BCUT2D eigenvalue weighted by molar-refractivity contribution is 4.60. The lowest BCUT2D eigenvalue weighted by Gasteiger charge is -2.20. The molecule has 0 aliphatic heterocycles. The molecule has 0 aromatic heterocycles. The van der Waals surface area contributed by atoms with Gasteiger partial charge in [-0.2, -0.15) is 0 Å². The van der Waals surface area contributed by atoms with Crippen molar-refractivity contribution in [3.63, 3.8) is 0 Å². The Hall–Kier alpha value is -0.0400. The maximum absolute atomic E-state index is 4.14. The van der Waals surface area contributed by atoms with E-state index in [2.05, 4.69) is 25.7 Å². The van der Waals surface area contributed by atoms with Crippen LogP contribution >= 0.6 is 0 Å². The molecule has 27 heavy (non-hydrogen) atoms. The number of rotatable bonds is 23. The van der Waals surface area contributed by atoms with Gasteiger partial charge in [0.15, 0.2) is 0 Å². The van der Waals surface area contributed by atoms with Crippen LogP contribution in [-0.4, -0.2) is 24.5 Å². The van der Waals surface area contributed by atoms with Gasteiger partial charge < -0.3 is 4.90 Å². The Bertz CT molecular complexity index is 227. The number of hydrogen-bond acceptors (Lipinski definition) is 1. The van der Waals surface area contributed by atoms with E-state index in [9.17, 15) is 0 Å². The van der Waals surface area contributed by atoms with E-state index < -0.39 is 0 Å². The molecule has 0 aliphatic carbocycles. The molecule has 0 heterocycles. The van der Waals surface area contributed by atoms with Crippen molar-refractivity contribution < 1.29 is 0 Å². The zero-order valence-electron chi connectivity index (χ0n) is 19.4. The lowest BCUT2D eigenvalue weighted by Crippen LogP contribution is -2.25. The molecule has 0 saturated heterocycles. The molecule has 0 bridgehead atoms. The lowest BCUT2D eigenvalue weighted by atomic mass is 10.1. The van der Waals surface area contributed by atoms with E-state index in [0.717, 1.165) is 6.54 Å². The average Bonchev–Trinajstić information content (AvgIpc) is 2.69. The topological polar surface area (TPSA) is 3.24 Å². The van der Waals surface area contributed by atoms with Gasteiger partial charge in [0.1, 0.15) is 0 Å². The van der Waals surface area contributed by atoms with Crippen molar-refractivity contribution in [3.8, 4) is 0 Å². The van der Waals surface area contributed by atoms with Gasteiger partial charge in [-0.3, -0.25) is 0 Å². The molecule has 1 heteroatoms. The second-order valence-corrected chi connectivity index (χ2v) is 8.71. The SMILES string of the molecule is [CH2]CN(CCCCCCCCCCCC)CCCCCCCCCCCC. The van der Waals surface area contributed by atoms with Crippen molar-refractivity contribution in [3.05, 3.63) is 6.92 Å². The van der Waals surface area contributed by atoms with Gasteiger partial charge in [0.2, 0.25) is 0 Å². The molecule has 0 N–H and O–H groups in total. The highest BCUT2D eigenvalue weighted by atomic mass is 15.1. The maximum atomic E-state index is 4.14. The van der Waals surface area contributed by atoms with E-state index in [0.29, 0.717) is 0 Å². The zero-order chi connectivity index (χ0) is 19.8. The predicted molar refractivity (Wildman–Crippen MR) is 125 cm³/mol. The van der Waals surface area contributed by atoms with Crippen LogP contribution in [0.1, 0.15) is 142 Å². The molecule has 0 amide bonds. The highest BCUT2D eigenvalue weighted by Gasteiger charge is 2.02. The molecule has 0 aliphatic rings. The number of nitrogens with zero attached hydrogens (tertiary/aromatic N) is 1. The molecule has 0 unspecified atom stereocenters. The minimum Gasteiger partial charge on any atom is -0.303 e. The molecule has 0 aromatic rings. The van der Waals surface area contributed by atoms with Crippen LogP contribution in [0, 0.1) is 6.92 Å². The fourth-order valence-electron chi connectivity index (χ4n) is 3.98. The molecule has 0 atom stereocenters. The van der Waals surface area contributed by atoms with Crippen molar-refractivity contribution in [2.24, 2.45) is 0 Å². The summed E-state index contributed by atoms with van der Waals surface area (Å²) in [6.45, 7) is 12.3. The standard InChI is InChI=1S/C26H54N/c1-4-7-9-11-13-15-17-19-21-23-25-27(6-3)26-24-22-20-18-16-14-12-10-8-5-2/h3-26H2,1-2H3. The Morgan fingerprint density at radius 3 is 0.926 bits per heavy atom. The Morgan fingerprint density at radius 1 is 0.407 bits per heavy atom. The van der Waals surface area contributed by atoms with Crippen molar-refractivity contribution in [1.29, 1.82) is 0 Å². The summed E-state index contributed by atoms with van der Waals surface area (Å²) in [5, 5.41) is 0. The van der Waals surface area contributed by atoms with Crippen LogP contribution in [0.5, 0.6) is 0 Å². The fourth-order valence-corrected chi connectivity index (χ4v) is 3.98. The Morgan fingerprint density at radius 2 is 0.667 bits per heavy atom. The zero-order valence-corrected chi connectivity index (χ0v) is 19.4. The van der Waals surface area contributed by atoms with Crippen LogP contribution in [0.15, 0.2) is 0 Å². The third-order valence-corrected chi connectivity index (χ3v) is 5.97. The molecule has 1 nitrogen and oxygen atoms in total. The Labute approximate surface area is 174 Å². The largest absolute Gasteiger partial charge is 0.303 e. The van der Waals surface area contributed by atoms with E-state index >= 15 is 0 Å². The van der Waals surface area contributed by atoms with Gasteiger partial charge in [0, 0.05) is 0 Å². The van der Waals surface area contributed by atoms with Gasteiger partial charge in [-0.25, -0.2) is 0 Å². The molecule has 0 rings (SSSR count). The fraction of sp³-hybridized carbons (Fsp3) is 0.962. The van der Waals surface area contributed by atoms with E-state index in [1.165, 1.54) is 142 Å². The normalized spacial score (nSPS) is 11.6. The quantitative estimate of drug-likeness (QED) is 0.160. The summed E-state index contributed by atoms with van der Waals surface area (Å²) in [6.07, 6.45) is 28.6.